The summed E-state index contributed by atoms with van der Waals surface area (Å²) in [6, 6.07) is 1.15. The lowest BCUT2D eigenvalue weighted by Gasteiger charge is -2.36. The molecule has 1 amide bonds. The van der Waals surface area contributed by atoms with Crippen molar-refractivity contribution < 1.29 is 4.79 Å². The third-order valence-corrected chi connectivity index (χ3v) is 5.55. The Morgan fingerprint density at radius 3 is 2.27 bits per heavy atom. The van der Waals surface area contributed by atoms with Gasteiger partial charge in [0, 0.05) is 25.2 Å². The first-order valence-electron chi connectivity index (χ1n) is 9.00. The van der Waals surface area contributed by atoms with Crippen LogP contribution in [0, 0.1) is 5.92 Å². The second-order valence-corrected chi connectivity index (χ2v) is 7.33. The van der Waals surface area contributed by atoms with Gasteiger partial charge in [-0.2, -0.15) is 0 Å². The summed E-state index contributed by atoms with van der Waals surface area (Å²) in [6.07, 6.45) is 10.1. The molecule has 2 N–H and O–H groups in total. The highest BCUT2D eigenvalue weighted by Crippen LogP contribution is 2.28. The van der Waals surface area contributed by atoms with Gasteiger partial charge in [-0.25, -0.2) is 0 Å². The van der Waals surface area contributed by atoms with Gasteiger partial charge in [-0.1, -0.05) is 12.8 Å². The Bertz CT molecular complexity index is 348. The number of carbonyl (C=O) groups excluding carboxylic acids is 1. The van der Waals surface area contributed by atoms with Crippen LogP contribution in [0.15, 0.2) is 0 Å². The number of hydrogen-bond acceptors (Lipinski definition) is 3. The van der Waals surface area contributed by atoms with Gasteiger partial charge in [-0.15, -0.1) is 12.4 Å². The number of piperidine rings is 1. The van der Waals surface area contributed by atoms with E-state index in [9.17, 15) is 4.79 Å². The molecule has 128 valence electrons. The fourth-order valence-corrected chi connectivity index (χ4v) is 3.70. The molecule has 0 aromatic heterocycles. The van der Waals surface area contributed by atoms with Crippen LogP contribution in [0.25, 0.3) is 0 Å². The summed E-state index contributed by atoms with van der Waals surface area (Å²) in [5.41, 5.74) is 0. The lowest BCUT2D eigenvalue weighted by atomic mass is 10.0. The van der Waals surface area contributed by atoms with Crippen LogP contribution >= 0.6 is 12.4 Å². The fourth-order valence-electron chi connectivity index (χ4n) is 3.70. The Morgan fingerprint density at radius 2 is 1.68 bits per heavy atom. The predicted molar refractivity (Wildman–Crippen MR) is 92.4 cm³/mol. The summed E-state index contributed by atoms with van der Waals surface area (Å²) in [5, 5.41) is 6.94. The van der Waals surface area contributed by atoms with E-state index in [1.54, 1.807) is 0 Å². The van der Waals surface area contributed by atoms with Crippen LogP contribution in [0.2, 0.25) is 0 Å². The molecule has 0 aromatic carbocycles. The quantitative estimate of drug-likeness (QED) is 0.786. The van der Waals surface area contributed by atoms with Crippen molar-refractivity contribution in [2.75, 3.05) is 19.6 Å². The molecule has 0 spiro atoms. The average Bonchev–Trinajstić information content (AvgIpc) is 3.20. The highest BCUT2D eigenvalue weighted by atomic mass is 35.5. The van der Waals surface area contributed by atoms with Crippen molar-refractivity contribution in [1.82, 2.24) is 15.5 Å². The smallest absolute Gasteiger partial charge is 0.237 e. The first kappa shape index (κ1) is 18.0. The van der Waals surface area contributed by atoms with Crippen molar-refractivity contribution in [3.8, 4) is 0 Å². The maximum atomic E-state index is 12.3. The van der Waals surface area contributed by atoms with Gasteiger partial charge < -0.3 is 10.6 Å². The second-order valence-electron chi connectivity index (χ2n) is 7.33. The van der Waals surface area contributed by atoms with E-state index in [4.69, 9.17) is 0 Å². The Hall–Kier alpha value is -0.320. The van der Waals surface area contributed by atoms with Crippen molar-refractivity contribution in [3.05, 3.63) is 0 Å². The zero-order valence-electron chi connectivity index (χ0n) is 13.9. The third kappa shape index (κ3) is 5.10. The molecule has 4 nitrogen and oxygen atoms in total. The van der Waals surface area contributed by atoms with Gasteiger partial charge in [0.2, 0.25) is 5.91 Å². The van der Waals surface area contributed by atoms with Crippen LogP contribution in [0.1, 0.15) is 58.3 Å². The van der Waals surface area contributed by atoms with E-state index in [1.165, 1.54) is 57.9 Å². The zero-order chi connectivity index (χ0) is 14.7. The van der Waals surface area contributed by atoms with Gasteiger partial charge in [-0.05, 0) is 57.9 Å². The van der Waals surface area contributed by atoms with Crippen LogP contribution in [0.4, 0.5) is 0 Å². The number of hydrogen-bond donors (Lipinski definition) is 2. The molecule has 3 aliphatic rings. The SMILES string of the molecule is CC(C(=O)NC1CCCC1)N1CCC(NCC2CC2)CC1.Cl. The first-order valence-corrected chi connectivity index (χ1v) is 9.00. The minimum Gasteiger partial charge on any atom is -0.352 e. The molecule has 1 atom stereocenters. The predicted octanol–water partition coefficient (Wildman–Crippen LogP) is 2.32. The van der Waals surface area contributed by atoms with Gasteiger partial charge in [0.1, 0.15) is 0 Å². The van der Waals surface area contributed by atoms with Gasteiger partial charge in [0.25, 0.3) is 0 Å². The number of likely N-dealkylation sites (tertiary alicyclic amines) is 1. The van der Waals surface area contributed by atoms with Gasteiger partial charge in [0.05, 0.1) is 6.04 Å². The van der Waals surface area contributed by atoms with Crippen molar-refractivity contribution in [1.29, 1.82) is 0 Å². The Labute approximate surface area is 141 Å². The van der Waals surface area contributed by atoms with Crippen LogP contribution < -0.4 is 10.6 Å². The maximum absolute atomic E-state index is 12.3. The van der Waals surface area contributed by atoms with Gasteiger partial charge in [-0.3, -0.25) is 9.69 Å². The van der Waals surface area contributed by atoms with E-state index in [2.05, 4.69) is 22.5 Å². The summed E-state index contributed by atoms with van der Waals surface area (Å²) >= 11 is 0. The Balaban J connectivity index is 0.00000176. The summed E-state index contributed by atoms with van der Waals surface area (Å²) in [7, 11) is 0. The van der Waals surface area contributed by atoms with Crippen LogP contribution in [0.3, 0.4) is 0 Å². The van der Waals surface area contributed by atoms with Crippen LogP contribution in [-0.4, -0.2) is 48.6 Å². The normalized spacial score (nSPS) is 25.7. The molecule has 1 saturated heterocycles. The van der Waals surface area contributed by atoms with Crippen LogP contribution in [-0.2, 0) is 4.79 Å². The summed E-state index contributed by atoms with van der Waals surface area (Å²) < 4.78 is 0. The molecule has 2 aliphatic carbocycles. The number of amides is 1. The lowest BCUT2D eigenvalue weighted by Crippen LogP contribution is -2.52. The molecule has 0 radical (unpaired) electrons. The Morgan fingerprint density at radius 1 is 1.05 bits per heavy atom. The fraction of sp³-hybridized carbons (Fsp3) is 0.941. The van der Waals surface area contributed by atoms with Gasteiger partial charge >= 0.3 is 0 Å². The second kappa shape index (κ2) is 8.51. The molecule has 3 rings (SSSR count). The van der Waals surface area contributed by atoms with Gasteiger partial charge in [0.15, 0.2) is 0 Å². The molecule has 0 aromatic rings. The van der Waals surface area contributed by atoms with E-state index >= 15 is 0 Å². The van der Waals surface area contributed by atoms with E-state index in [-0.39, 0.29) is 24.4 Å². The number of carbonyl (C=O) groups is 1. The lowest BCUT2D eigenvalue weighted by molar-refractivity contribution is -0.127. The first-order chi connectivity index (χ1) is 10.2. The minimum absolute atomic E-state index is 0. The monoisotopic (exact) mass is 329 g/mol. The standard InChI is InChI=1S/C17H31N3O.ClH/c1-13(17(21)19-16-4-2-3-5-16)20-10-8-15(9-11-20)18-12-14-6-7-14;/h13-16,18H,2-12H2,1H3,(H,19,21);1H. The summed E-state index contributed by atoms with van der Waals surface area (Å²) in [6.45, 7) is 5.40. The van der Waals surface area contributed by atoms with Crippen molar-refractivity contribution in [2.45, 2.75) is 76.4 Å². The molecule has 1 heterocycles. The number of halogens is 1. The molecule has 0 bridgehead atoms. The highest BCUT2D eigenvalue weighted by Gasteiger charge is 2.29. The Kier molecular flexibility index (Phi) is 6.97. The molecule has 5 heteroatoms. The minimum atomic E-state index is 0. The molecule has 1 unspecified atom stereocenters. The van der Waals surface area contributed by atoms with E-state index in [0.717, 1.165) is 19.0 Å². The molecule has 1 aliphatic heterocycles. The number of rotatable bonds is 6. The van der Waals surface area contributed by atoms with E-state index < -0.39 is 0 Å². The molecule has 22 heavy (non-hydrogen) atoms. The van der Waals surface area contributed by atoms with Crippen molar-refractivity contribution >= 4 is 18.3 Å². The number of nitrogens with one attached hydrogen (secondary N) is 2. The third-order valence-electron chi connectivity index (χ3n) is 5.55. The summed E-state index contributed by atoms with van der Waals surface area (Å²) in [4.78, 5) is 14.7. The van der Waals surface area contributed by atoms with E-state index in [1.807, 2.05) is 0 Å². The maximum Gasteiger partial charge on any atom is 0.237 e. The van der Waals surface area contributed by atoms with E-state index in [0.29, 0.717) is 12.1 Å². The highest BCUT2D eigenvalue weighted by molar-refractivity contribution is 5.85. The average molecular weight is 330 g/mol. The molecule has 3 fully saturated rings. The topological polar surface area (TPSA) is 44.4 Å². The van der Waals surface area contributed by atoms with Crippen molar-refractivity contribution in [2.24, 2.45) is 5.92 Å². The summed E-state index contributed by atoms with van der Waals surface area (Å²) in [5.74, 6) is 1.20. The molecular formula is C17H32ClN3O. The number of nitrogens with zero attached hydrogens (tertiary/aromatic N) is 1. The van der Waals surface area contributed by atoms with Crippen molar-refractivity contribution in [3.63, 3.8) is 0 Å². The van der Waals surface area contributed by atoms with Crippen LogP contribution in [0.5, 0.6) is 0 Å². The largest absolute Gasteiger partial charge is 0.352 e. The molecule has 2 saturated carbocycles. The molecular weight excluding hydrogens is 298 g/mol. The zero-order valence-corrected chi connectivity index (χ0v) is 14.7.